The third-order valence-corrected chi connectivity index (χ3v) is 6.03. The van der Waals surface area contributed by atoms with Gasteiger partial charge in [-0.05, 0) is 41.0 Å². The van der Waals surface area contributed by atoms with Crippen LogP contribution in [0.4, 0.5) is 0 Å². The van der Waals surface area contributed by atoms with Gasteiger partial charge in [0.2, 0.25) is 5.91 Å². The highest BCUT2D eigenvalue weighted by atomic mass is 35.5. The van der Waals surface area contributed by atoms with Gasteiger partial charge in [-0.25, -0.2) is 0 Å². The summed E-state index contributed by atoms with van der Waals surface area (Å²) in [6, 6.07) is 28.2. The van der Waals surface area contributed by atoms with Crippen LogP contribution in [-0.2, 0) is 24.2 Å². The van der Waals surface area contributed by atoms with Crippen LogP contribution in [0.2, 0.25) is 5.02 Å². The molecule has 3 aromatic carbocycles. The molecule has 0 radical (unpaired) electrons. The summed E-state index contributed by atoms with van der Waals surface area (Å²) in [6.45, 7) is 0.558. The molecule has 1 atom stereocenters. The van der Waals surface area contributed by atoms with Crippen LogP contribution in [0.1, 0.15) is 28.4 Å². The normalized spacial score (nSPS) is 16.0. The van der Waals surface area contributed by atoms with Crippen LogP contribution < -0.4 is 0 Å². The summed E-state index contributed by atoms with van der Waals surface area (Å²) in [4.78, 5) is 20.0. The van der Waals surface area contributed by atoms with Crippen LogP contribution in [0.3, 0.4) is 0 Å². The summed E-state index contributed by atoms with van der Waals surface area (Å²) in [5.74, 6) is 0.148. The Kier molecular flexibility index (Phi) is 4.97. The molecule has 1 aliphatic rings. The number of para-hydroxylation sites is 1. The predicted octanol–water partition coefficient (Wildman–Crippen LogP) is 5.76. The van der Waals surface area contributed by atoms with Crippen LogP contribution in [0.5, 0.6) is 0 Å². The molecule has 1 unspecified atom stereocenters. The number of rotatable bonds is 4. The molecule has 1 aliphatic heterocycles. The maximum Gasteiger partial charge on any atom is 0.227 e. The van der Waals surface area contributed by atoms with Crippen molar-refractivity contribution < 1.29 is 4.79 Å². The third-order valence-electron chi connectivity index (χ3n) is 5.78. The molecule has 1 amide bonds. The Morgan fingerprint density at radius 3 is 2.53 bits per heavy atom. The Hall–Kier alpha value is -3.17. The van der Waals surface area contributed by atoms with Gasteiger partial charge in [0, 0.05) is 29.1 Å². The van der Waals surface area contributed by atoms with Crippen molar-refractivity contribution in [2.45, 2.75) is 25.4 Å². The molecule has 5 rings (SSSR count). The number of aromatic nitrogens is 1. The molecule has 0 spiro atoms. The van der Waals surface area contributed by atoms with Crippen molar-refractivity contribution in [1.29, 1.82) is 0 Å². The topological polar surface area (TPSA) is 33.2 Å². The smallest absolute Gasteiger partial charge is 0.227 e. The minimum atomic E-state index is -0.0493. The van der Waals surface area contributed by atoms with E-state index in [1.165, 1.54) is 5.56 Å². The second kappa shape index (κ2) is 7.92. The molecule has 0 fully saturated rings. The summed E-state index contributed by atoms with van der Waals surface area (Å²) >= 11 is 6.04. The molecule has 148 valence electrons. The standard InChI is InChI=1S/C26H21ClN2O/c27-21-12-9-18(10-13-21)17-29-25(23-7-3-1-6-20(23)15-26(29)30)16-22-14-11-19-5-2-4-8-24(19)28-22/h1-14,25H,15-17H2. The molecule has 1 aromatic heterocycles. The van der Waals surface area contributed by atoms with Gasteiger partial charge in [0.05, 0.1) is 18.0 Å². The average molecular weight is 413 g/mol. The highest BCUT2D eigenvalue weighted by Crippen LogP contribution is 2.34. The van der Waals surface area contributed by atoms with E-state index in [1.807, 2.05) is 53.4 Å². The van der Waals surface area contributed by atoms with Crippen molar-refractivity contribution in [3.8, 4) is 0 Å². The number of nitrogens with zero attached hydrogens (tertiary/aromatic N) is 2. The van der Waals surface area contributed by atoms with Gasteiger partial charge in [0.15, 0.2) is 0 Å². The van der Waals surface area contributed by atoms with Crippen molar-refractivity contribution in [2.24, 2.45) is 0 Å². The van der Waals surface area contributed by atoms with Crippen LogP contribution in [0, 0.1) is 0 Å². The Morgan fingerprint density at radius 2 is 1.67 bits per heavy atom. The van der Waals surface area contributed by atoms with E-state index in [-0.39, 0.29) is 11.9 Å². The molecule has 0 aliphatic carbocycles. The second-order valence-corrected chi connectivity index (χ2v) is 8.18. The highest BCUT2D eigenvalue weighted by molar-refractivity contribution is 6.30. The zero-order valence-electron chi connectivity index (χ0n) is 16.5. The molecule has 2 heterocycles. The van der Waals surface area contributed by atoms with Crippen LogP contribution in [0.15, 0.2) is 84.9 Å². The minimum absolute atomic E-state index is 0.0493. The Bertz CT molecular complexity index is 1220. The Morgan fingerprint density at radius 1 is 0.900 bits per heavy atom. The van der Waals surface area contributed by atoms with E-state index in [9.17, 15) is 4.79 Å². The van der Waals surface area contributed by atoms with E-state index >= 15 is 0 Å². The SMILES string of the molecule is O=C1Cc2ccccc2C(Cc2ccc3ccccc3n2)N1Cc1ccc(Cl)cc1. The van der Waals surface area contributed by atoms with Crippen LogP contribution in [0.25, 0.3) is 10.9 Å². The summed E-state index contributed by atoms with van der Waals surface area (Å²) in [7, 11) is 0. The van der Waals surface area contributed by atoms with Gasteiger partial charge in [-0.2, -0.15) is 0 Å². The molecular weight excluding hydrogens is 392 g/mol. The van der Waals surface area contributed by atoms with Crippen LogP contribution in [-0.4, -0.2) is 15.8 Å². The first-order valence-electron chi connectivity index (χ1n) is 10.1. The first-order valence-corrected chi connectivity index (χ1v) is 10.5. The van der Waals surface area contributed by atoms with Gasteiger partial charge >= 0.3 is 0 Å². The number of amides is 1. The average Bonchev–Trinajstić information content (AvgIpc) is 2.77. The Labute approximate surface area is 180 Å². The van der Waals surface area contributed by atoms with E-state index in [4.69, 9.17) is 16.6 Å². The third kappa shape index (κ3) is 3.69. The quantitative estimate of drug-likeness (QED) is 0.427. The first kappa shape index (κ1) is 18.8. The lowest BCUT2D eigenvalue weighted by molar-refractivity contribution is -0.134. The number of halogens is 1. The number of benzene rings is 3. The van der Waals surface area contributed by atoms with Crippen LogP contribution >= 0.6 is 11.6 Å². The molecule has 4 aromatic rings. The summed E-state index contributed by atoms with van der Waals surface area (Å²) in [5, 5.41) is 1.82. The number of carbonyl (C=O) groups excluding carboxylic acids is 1. The largest absolute Gasteiger partial charge is 0.331 e. The molecule has 3 nitrogen and oxygen atoms in total. The van der Waals surface area contributed by atoms with Gasteiger partial charge in [-0.3, -0.25) is 9.78 Å². The number of fused-ring (bicyclic) bond motifs is 2. The van der Waals surface area contributed by atoms with E-state index in [0.29, 0.717) is 24.4 Å². The van der Waals surface area contributed by atoms with Gasteiger partial charge in [-0.15, -0.1) is 0 Å². The second-order valence-electron chi connectivity index (χ2n) is 7.74. The first-order chi connectivity index (χ1) is 14.7. The molecule has 0 saturated heterocycles. The number of carbonyl (C=O) groups is 1. The Balaban J connectivity index is 1.52. The summed E-state index contributed by atoms with van der Waals surface area (Å²) in [6.07, 6.45) is 1.12. The molecule has 0 saturated carbocycles. The van der Waals surface area contributed by atoms with Gasteiger partial charge in [0.1, 0.15) is 0 Å². The zero-order valence-corrected chi connectivity index (χ0v) is 17.2. The lowest BCUT2D eigenvalue weighted by Crippen LogP contribution is -2.40. The minimum Gasteiger partial charge on any atom is -0.331 e. The fourth-order valence-corrected chi connectivity index (χ4v) is 4.38. The maximum absolute atomic E-state index is 13.1. The monoisotopic (exact) mass is 412 g/mol. The molecule has 0 bridgehead atoms. The van der Waals surface area contributed by atoms with Gasteiger partial charge in [-0.1, -0.05) is 72.3 Å². The maximum atomic E-state index is 13.1. The molecule has 30 heavy (non-hydrogen) atoms. The number of hydrogen-bond acceptors (Lipinski definition) is 2. The molecular formula is C26H21ClN2O. The van der Waals surface area contributed by atoms with E-state index in [1.54, 1.807) is 0 Å². The van der Waals surface area contributed by atoms with Crippen molar-refractivity contribution in [1.82, 2.24) is 9.88 Å². The zero-order chi connectivity index (χ0) is 20.5. The van der Waals surface area contributed by atoms with E-state index < -0.39 is 0 Å². The predicted molar refractivity (Wildman–Crippen MR) is 120 cm³/mol. The van der Waals surface area contributed by atoms with Gasteiger partial charge < -0.3 is 4.90 Å². The van der Waals surface area contributed by atoms with Gasteiger partial charge in [0.25, 0.3) is 0 Å². The highest BCUT2D eigenvalue weighted by Gasteiger charge is 2.32. The van der Waals surface area contributed by atoms with Crippen molar-refractivity contribution in [3.05, 3.63) is 112 Å². The summed E-state index contributed by atoms with van der Waals surface area (Å²) < 4.78 is 0. The van der Waals surface area contributed by atoms with E-state index in [0.717, 1.165) is 27.7 Å². The van der Waals surface area contributed by atoms with E-state index in [2.05, 4.69) is 36.4 Å². The molecule has 0 N–H and O–H groups in total. The van der Waals surface area contributed by atoms with Crippen molar-refractivity contribution in [2.75, 3.05) is 0 Å². The number of hydrogen-bond donors (Lipinski definition) is 0. The summed E-state index contributed by atoms with van der Waals surface area (Å²) in [5.41, 5.74) is 5.37. The van der Waals surface area contributed by atoms with Crippen molar-refractivity contribution >= 4 is 28.4 Å². The lowest BCUT2D eigenvalue weighted by atomic mass is 9.89. The fraction of sp³-hybridized carbons (Fsp3) is 0.154. The fourth-order valence-electron chi connectivity index (χ4n) is 4.25. The number of pyridine rings is 1. The lowest BCUT2D eigenvalue weighted by Gasteiger charge is -2.37. The molecule has 4 heteroatoms. The van der Waals surface area contributed by atoms with Crippen molar-refractivity contribution in [3.63, 3.8) is 0 Å².